The molecule has 0 amide bonds. The van der Waals surface area contributed by atoms with E-state index in [2.05, 4.69) is 67.3 Å². The van der Waals surface area contributed by atoms with Crippen LogP contribution in [0.1, 0.15) is 29.7 Å². The summed E-state index contributed by atoms with van der Waals surface area (Å²) in [5, 5.41) is 0. The van der Waals surface area contributed by atoms with Crippen molar-refractivity contribution >= 4 is 5.69 Å². The molecule has 2 atom stereocenters. The summed E-state index contributed by atoms with van der Waals surface area (Å²) in [6, 6.07) is 17.8. The molecule has 0 bridgehead atoms. The molecular formula is C19H24N2. The van der Waals surface area contributed by atoms with Gasteiger partial charge in [0, 0.05) is 18.8 Å². The average Bonchev–Trinajstić information content (AvgIpc) is 2.48. The number of benzene rings is 2. The fraction of sp³-hybridized carbons (Fsp3) is 0.368. The molecule has 1 aliphatic rings. The van der Waals surface area contributed by atoms with Crippen LogP contribution in [0, 0.1) is 12.8 Å². The van der Waals surface area contributed by atoms with E-state index in [9.17, 15) is 0 Å². The number of anilines is 1. The fourth-order valence-corrected chi connectivity index (χ4v) is 3.45. The second kappa shape index (κ2) is 5.90. The second-order valence-corrected chi connectivity index (χ2v) is 6.26. The van der Waals surface area contributed by atoms with Gasteiger partial charge in [-0.2, -0.15) is 0 Å². The van der Waals surface area contributed by atoms with Crippen LogP contribution in [-0.4, -0.2) is 13.1 Å². The van der Waals surface area contributed by atoms with Crippen molar-refractivity contribution in [2.24, 2.45) is 11.7 Å². The first kappa shape index (κ1) is 14.2. The number of fused-ring (bicyclic) bond motifs is 1. The molecule has 0 aliphatic carbocycles. The van der Waals surface area contributed by atoms with Gasteiger partial charge in [0.2, 0.25) is 0 Å². The third-order valence-electron chi connectivity index (χ3n) is 4.40. The summed E-state index contributed by atoms with van der Waals surface area (Å²) < 4.78 is 0. The van der Waals surface area contributed by atoms with E-state index in [4.69, 9.17) is 5.73 Å². The van der Waals surface area contributed by atoms with E-state index in [-0.39, 0.29) is 6.04 Å². The molecule has 2 aromatic carbocycles. The van der Waals surface area contributed by atoms with Gasteiger partial charge in [0.15, 0.2) is 0 Å². The molecule has 2 nitrogen and oxygen atoms in total. The molecule has 0 radical (unpaired) electrons. The van der Waals surface area contributed by atoms with Crippen molar-refractivity contribution in [3.8, 4) is 0 Å². The number of nitrogens with two attached hydrogens (primary N) is 1. The van der Waals surface area contributed by atoms with Crippen LogP contribution in [0.25, 0.3) is 0 Å². The van der Waals surface area contributed by atoms with Crippen molar-refractivity contribution in [3.63, 3.8) is 0 Å². The smallest absolute Gasteiger partial charge is 0.0665 e. The highest BCUT2D eigenvalue weighted by molar-refractivity contribution is 5.57. The Bertz CT molecular complexity index is 620. The van der Waals surface area contributed by atoms with E-state index in [0.29, 0.717) is 12.5 Å². The summed E-state index contributed by atoms with van der Waals surface area (Å²) in [4.78, 5) is 2.50. The van der Waals surface area contributed by atoms with E-state index < -0.39 is 0 Å². The molecule has 0 spiro atoms. The Labute approximate surface area is 127 Å². The van der Waals surface area contributed by atoms with Gasteiger partial charge in [-0.3, -0.25) is 0 Å². The van der Waals surface area contributed by atoms with Crippen LogP contribution in [0.4, 0.5) is 5.69 Å². The van der Waals surface area contributed by atoms with Gasteiger partial charge >= 0.3 is 0 Å². The summed E-state index contributed by atoms with van der Waals surface area (Å²) >= 11 is 0. The minimum atomic E-state index is 0.258. The lowest BCUT2D eigenvalue weighted by molar-refractivity contribution is 0.490. The number of para-hydroxylation sites is 1. The molecule has 1 heterocycles. The summed E-state index contributed by atoms with van der Waals surface area (Å²) in [5.41, 5.74) is 11.6. The van der Waals surface area contributed by atoms with Crippen molar-refractivity contribution in [1.82, 2.24) is 0 Å². The molecule has 2 aromatic rings. The lowest BCUT2D eigenvalue weighted by atomic mass is 9.91. The van der Waals surface area contributed by atoms with Crippen LogP contribution in [-0.2, 0) is 6.42 Å². The van der Waals surface area contributed by atoms with Gasteiger partial charge in [0.25, 0.3) is 0 Å². The van der Waals surface area contributed by atoms with Crippen LogP contribution in [0.15, 0.2) is 48.5 Å². The number of hydrogen-bond donors (Lipinski definition) is 1. The van der Waals surface area contributed by atoms with Crippen LogP contribution < -0.4 is 10.6 Å². The average molecular weight is 280 g/mol. The Balaban J connectivity index is 2.01. The van der Waals surface area contributed by atoms with Crippen LogP contribution >= 0.6 is 0 Å². The maximum Gasteiger partial charge on any atom is 0.0665 e. The molecule has 2 N–H and O–H groups in total. The van der Waals surface area contributed by atoms with Gasteiger partial charge in [0.1, 0.15) is 0 Å². The van der Waals surface area contributed by atoms with E-state index in [1.165, 1.54) is 22.4 Å². The van der Waals surface area contributed by atoms with E-state index in [0.717, 1.165) is 13.0 Å². The predicted molar refractivity (Wildman–Crippen MR) is 89.6 cm³/mol. The van der Waals surface area contributed by atoms with Crippen molar-refractivity contribution in [1.29, 1.82) is 0 Å². The lowest BCUT2D eigenvalue weighted by Crippen LogP contribution is -2.40. The first-order chi connectivity index (χ1) is 10.2. The highest BCUT2D eigenvalue weighted by atomic mass is 15.2. The molecule has 2 unspecified atom stereocenters. The van der Waals surface area contributed by atoms with Gasteiger partial charge in [-0.25, -0.2) is 0 Å². The van der Waals surface area contributed by atoms with Crippen molar-refractivity contribution in [3.05, 3.63) is 65.2 Å². The first-order valence-corrected chi connectivity index (χ1v) is 7.80. The van der Waals surface area contributed by atoms with Gasteiger partial charge in [-0.15, -0.1) is 0 Å². The standard InChI is InChI=1S/C19H24N2/c1-14-6-5-8-17(10-14)19(12-20)21-13-15(2)11-16-7-3-4-9-18(16)21/h3-10,15,19H,11-13,20H2,1-2H3. The van der Waals surface area contributed by atoms with Crippen molar-refractivity contribution in [2.45, 2.75) is 26.3 Å². The number of nitrogens with zero attached hydrogens (tertiary/aromatic N) is 1. The minimum absolute atomic E-state index is 0.258. The quantitative estimate of drug-likeness (QED) is 0.929. The Morgan fingerprint density at radius 3 is 2.76 bits per heavy atom. The number of hydrogen-bond acceptors (Lipinski definition) is 2. The molecule has 21 heavy (non-hydrogen) atoms. The largest absolute Gasteiger partial charge is 0.363 e. The molecule has 3 rings (SSSR count). The molecule has 0 saturated carbocycles. The lowest BCUT2D eigenvalue weighted by Gasteiger charge is -2.40. The summed E-state index contributed by atoms with van der Waals surface area (Å²) in [6.07, 6.45) is 1.16. The van der Waals surface area contributed by atoms with E-state index >= 15 is 0 Å². The molecule has 1 aliphatic heterocycles. The van der Waals surface area contributed by atoms with Gasteiger partial charge in [0.05, 0.1) is 6.04 Å². The molecule has 2 heteroatoms. The summed E-state index contributed by atoms with van der Waals surface area (Å²) in [5.74, 6) is 0.666. The zero-order chi connectivity index (χ0) is 14.8. The molecule has 0 saturated heterocycles. The Morgan fingerprint density at radius 1 is 1.19 bits per heavy atom. The fourth-order valence-electron chi connectivity index (χ4n) is 3.45. The van der Waals surface area contributed by atoms with E-state index in [1.54, 1.807) is 0 Å². The summed E-state index contributed by atoms with van der Waals surface area (Å²) in [6.45, 7) is 6.19. The van der Waals surface area contributed by atoms with Crippen LogP contribution in [0.3, 0.4) is 0 Å². The SMILES string of the molecule is Cc1cccc(C(CN)N2CC(C)Cc3ccccc32)c1. The zero-order valence-electron chi connectivity index (χ0n) is 12.9. The maximum atomic E-state index is 6.15. The second-order valence-electron chi connectivity index (χ2n) is 6.26. The zero-order valence-corrected chi connectivity index (χ0v) is 12.9. The monoisotopic (exact) mass is 280 g/mol. The van der Waals surface area contributed by atoms with Gasteiger partial charge in [-0.1, -0.05) is 55.0 Å². The van der Waals surface area contributed by atoms with E-state index in [1.807, 2.05) is 0 Å². The van der Waals surface area contributed by atoms with Crippen LogP contribution in [0.2, 0.25) is 0 Å². The van der Waals surface area contributed by atoms with Crippen LogP contribution in [0.5, 0.6) is 0 Å². The van der Waals surface area contributed by atoms with Gasteiger partial charge < -0.3 is 10.6 Å². The number of aryl methyl sites for hydroxylation is 1. The topological polar surface area (TPSA) is 29.3 Å². The normalized spacial score (nSPS) is 19.2. The minimum Gasteiger partial charge on any atom is -0.363 e. The van der Waals surface area contributed by atoms with Crippen molar-refractivity contribution in [2.75, 3.05) is 18.0 Å². The first-order valence-electron chi connectivity index (χ1n) is 7.80. The highest BCUT2D eigenvalue weighted by Crippen LogP contribution is 2.35. The maximum absolute atomic E-state index is 6.15. The Morgan fingerprint density at radius 2 is 2.00 bits per heavy atom. The molecule has 110 valence electrons. The Kier molecular flexibility index (Phi) is 3.98. The third kappa shape index (κ3) is 2.81. The predicted octanol–water partition coefficient (Wildman–Crippen LogP) is 3.69. The van der Waals surface area contributed by atoms with Gasteiger partial charge in [-0.05, 0) is 36.5 Å². The third-order valence-corrected chi connectivity index (χ3v) is 4.40. The Hall–Kier alpha value is -1.80. The molecule has 0 fully saturated rings. The highest BCUT2D eigenvalue weighted by Gasteiger charge is 2.27. The number of rotatable bonds is 3. The van der Waals surface area contributed by atoms with Crippen molar-refractivity contribution < 1.29 is 0 Å². The summed E-state index contributed by atoms with van der Waals surface area (Å²) in [7, 11) is 0. The molecule has 0 aromatic heterocycles. The molecular weight excluding hydrogens is 256 g/mol.